The minimum atomic E-state index is -4.43. The minimum Gasteiger partial charge on any atom is -0.463 e. The van der Waals surface area contributed by atoms with E-state index in [0.717, 1.165) is 57.8 Å². The second-order valence-corrected chi connectivity index (χ2v) is 16.1. The summed E-state index contributed by atoms with van der Waals surface area (Å²) in [7, 11) is -4.43. The maximum absolute atomic E-state index is 12.1. The molecule has 1 amide bonds. The number of aliphatic hydroxyl groups excluding tert-OH is 1. The Morgan fingerprint density at radius 2 is 1.02 bits per heavy atom. The van der Waals surface area contributed by atoms with Gasteiger partial charge in [0.2, 0.25) is 5.91 Å². The molecule has 0 heterocycles. The summed E-state index contributed by atoms with van der Waals surface area (Å²) >= 11 is 0. The van der Waals surface area contributed by atoms with Gasteiger partial charge in [-0.25, -0.2) is 4.57 Å². The predicted octanol–water partition coefficient (Wildman–Crippen LogP) is 12.7. The van der Waals surface area contributed by atoms with Crippen LogP contribution in [0.25, 0.3) is 0 Å². The number of rotatable bonds is 41. The molecule has 0 spiro atoms. The number of ether oxygens (including phenoxy) is 1. The van der Waals surface area contributed by atoms with E-state index >= 15 is 0 Å². The van der Waals surface area contributed by atoms with Crippen molar-refractivity contribution >= 4 is 19.7 Å². The minimum absolute atomic E-state index is 0.0709. The highest BCUT2D eigenvalue weighted by Gasteiger charge is 2.23. The Balaban J connectivity index is 3.67. The predicted molar refractivity (Wildman–Crippen MR) is 238 cm³/mol. The van der Waals surface area contributed by atoms with E-state index in [1.165, 1.54) is 89.9 Å². The molecule has 0 fully saturated rings. The summed E-state index contributed by atoms with van der Waals surface area (Å²) < 4.78 is 26.8. The van der Waals surface area contributed by atoms with Crippen LogP contribution >= 0.6 is 7.82 Å². The molecule has 3 N–H and O–H groups in total. The summed E-state index contributed by atoms with van der Waals surface area (Å²) in [5, 5.41) is 12.7. The van der Waals surface area contributed by atoms with Gasteiger partial charge in [0.25, 0.3) is 0 Å². The number of phosphoric acid groups is 1. The molecule has 0 saturated heterocycles. The Bertz CT molecular complexity index is 1160. The number of hydrogen-bond donors (Lipinski definition) is 3. The van der Waals surface area contributed by atoms with Gasteiger partial charge in [0.1, 0.15) is 12.7 Å². The Hall–Kier alpha value is -2.55. The van der Waals surface area contributed by atoms with Crippen LogP contribution < -0.4 is 5.32 Å². The fourth-order valence-corrected chi connectivity index (χ4v) is 6.52. The molecule has 10 heteroatoms. The van der Waals surface area contributed by atoms with Crippen LogP contribution in [0.15, 0.2) is 72.9 Å². The molecule has 0 bridgehead atoms. The van der Waals surface area contributed by atoms with Gasteiger partial charge in [0.15, 0.2) is 0 Å². The van der Waals surface area contributed by atoms with Crippen molar-refractivity contribution in [1.82, 2.24) is 5.32 Å². The highest BCUT2D eigenvalue weighted by atomic mass is 31.2. The van der Waals surface area contributed by atoms with Crippen LogP contribution in [0.4, 0.5) is 0 Å². The molecule has 0 aliphatic heterocycles. The average molecular weight is 820 g/mol. The molecular weight excluding hydrogens is 737 g/mol. The first-order valence-electron chi connectivity index (χ1n) is 22.4. The molecule has 2 atom stereocenters. The van der Waals surface area contributed by atoms with Crippen LogP contribution in [-0.4, -0.2) is 54.3 Å². The fourth-order valence-electron chi connectivity index (χ4n) is 5.76. The second kappa shape index (κ2) is 43.0. The summed E-state index contributed by atoms with van der Waals surface area (Å²) in [4.78, 5) is 33.9. The van der Waals surface area contributed by atoms with E-state index in [9.17, 15) is 24.2 Å². The number of aliphatic hydroxyl groups is 1. The van der Waals surface area contributed by atoms with Gasteiger partial charge in [-0.1, -0.05) is 164 Å². The van der Waals surface area contributed by atoms with E-state index in [1.807, 2.05) is 6.08 Å². The van der Waals surface area contributed by atoms with Crippen molar-refractivity contribution in [3.63, 3.8) is 0 Å². The largest absolute Gasteiger partial charge is 0.472 e. The van der Waals surface area contributed by atoms with Gasteiger partial charge in [-0.3, -0.25) is 18.6 Å². The monoisotopic (exact) mass is 820 g/mol. The van der Waals surface area contributed by atoms with Gasteiger partial charge >= 0.3 is 13.8 Å². The van der Waals surface area contributed by atoms with E-state index < -0.39 is 26.5 Å². The summed E-state index contributed by atoms with van der Waals surface area (Å²) in [5.41, 5.74) is 0. The Labute approximate surface area is 348 Å². The lowest BCUT2D eigenvalue weighted by atomic mass is 10.1. The van der Waals surface area contributed by atoms with Crippen LogP contribution in [0.3, 0.4) is 0 Å². The van der Waals surface area contributed by atoms with E-state index in [4.69, 9.17) is 13.8 Å². The standard InChI is InChI=1S/C47H82NO8P/c1-3-5-7-9-11-13-15-17-19-21-22-24-25-27-29-31-33-35-37-39-46(50)48-41-42-55-57(52,53)56-44-45(49)43-54-47(51)40-38-36-34-32-30-28-26-23-20-18-16-14-12-10-8-6-4-2/h6,8,12,14,17-20,26,28,32,34,45,49H,3-5,7,9-11,13,15-16,21-25,27,29-31,33,35-44H2,1-2H3,(H,48,50)(H,52,53)/b8-6-,14-12-,19-17+,20-18-,28-26-,34-32-. The van der Waals surface area contributed by atoms with Gasteiger partial charge in [-0.15, -0.1) is 0 Å². The molecule has 0 rings (SSSR count). The van der Waals surface area contributed by atoms with E-state index in [1.54, 1.807) is 0 Å². The highest BCUT2D eigenvalue weighted by Crippen LogP contribution is 2.42. The number of amides is 1. The maximum Gasteiger partial charge on any atom is 0.472 e. The fraction of sp³-hybridized carbons (Fsp3) is 0.702. The zero-order valence-electron chi connectivity index (χ0n) is 36.0. The third-order valence-electron chi connectivity index (χ3n) is 9.12. The normalized spacial score (nSPS) is 14.0. The number of hydrogen-bond acceptors (Lipinski definition) is 7. The third kappa shape index (κ3) is 44.4. The van der Waals surface area contributed by atoms with Crippen molar-refractivity contribution < 1.29 is 37.9 Å². The summed E-state index contributed by atoms with van der Waals surface area (Å²) in [6.45, 7) is 3.36. The summed E-state index contributed by atoms with van der Waals surface area (Å²) in [6, 6.07) is 0. The molecule has 0 aliphatic carbocycles. The number of nitrogens with one attached hydrogen (secondary N) is 1. The van der Waals surface area contributed by atoms with Crippen LogP contribution in [0.5, 0.6) is 0 Å². The first kappa shape index (κ1) is 54.5. The van der Waals surface area contributed by atoms with Crippen molar-refractivity contribution in [2.75, 3.05) is 26.4 Å². The Morgan fingerprint density at radius 3 is 1.56 bits per heavy atom. The molecule has 2 unspecified atom stereocenters. The zero-order chi connectivity index (χ0) is 41.8. The zero-order valence-corrected chi connectivity index (χ0v) is 36.9. The van der Waals surface area contributed by atoms with Crippen molar-refractivity contribution in [1.29, 1.82) is 0 Å². The maximum atomic E-state index is 12.1. The van der Waals surface area contributed by atoms with Gasteiger partial charge in [0.05, 0.1) is 13.2 Å². The van der Waals surface area contributed by atoms with Gasteiger partial charge in [-0.2, -0.15) is 0 Å². The summed E-state index contributed by atoms with van der Waals surface area (Å²) in [5.74, 6) is -0.581. The molecule has 57 heavy (non-hydrogen) atoms. The quantitative estimate of drug-likeness (QED) is 0.0240. The van der Waals surface area contributed by atoms with Gasteiger partial charge in [0, 0.05) is 19.4 Å². The third-order valence-corrected chi connectivity index (χ3v) is 10.1. The number of carbonyl (C=O) groups excluding carboxylic acids is 2. The SMILES string of the molecule is CC/C=C\C/C=C\C/C=C\C/C=C\C/C=C\CCCC(=O)OCC(O)COP(=O)(O)OCCNC(=O)CCCCCCCCCCC/C=C/CCCCCCCC. The Morgan fingerprint density at radius 1 is 0.561 bits per heavy atom. The van der Waals surface area contributed by atoms with E-state index in [-0.39, 0.29) is 32.1 Å². The van der Waals surface area contributed by atoms with Crippen molar-refractivity contribution in [3.05, 3.63) is 72.9 Å². The van der Waals surface area contributed by atoms with E-state index in [0.29, 0.717) is 12.8 Å². The molecule has 0 aromatic heterocycles. The summed E-state index contributed by atoms with van der Waals surface area (Å²) in [6.07, 6.45) is 52.7. The van der Waals surface area contributed by atoms with Gasteiger partial charge < -0.3 is 20.1 Å². The highest BCUT2D eigenvalue weighted by molar-refractivity contribution is 7.47. The molecule has 0 saturated carbocycles. The lowest BCUT2D eigenvalue weighted by Crippen LogP contribution is -2.27. The van der Waals surface area contributed by atoms with Gasteiger partial charge in [-0.05, 0) is 77.0 Å². The molecular formula is C47H82NO8P. The first-order chi connectivity index (χ1) is 27.8. The smallest absolute Gasteiger partial charge is 0.463 e. The van der Waals surface area contributed by atoms with E-state index in [2.05, 4.69) is 86.0 Å². The van der Waals surface area contributed by atoms with Crippen LogP contribution in [0.1, 0.15) is 181 Å². The molecule has 0 aromatic carbocycles. The van der Waals surface area contributed by atoms with Crippen LogP contribution in [0, 0.1) is 0 Å². The lowest BCUT2D eigenvalue weighted by Gasteiger charge is -2.15. The number of carbonyl (C=O) groups is 2. The number of allylic oxidation sites excluding steroid dienone is 12. The number of phosphoric ester groups is 1. The molecule has 328 valence electrons. The van der Waals surface area contributed by atoms with Crippen molar-refractivity contribution in [2.45, 2.75) is 187 Å². The molecule has 9 nitrogen and oxygen atoms in total. The number of unbranched alkanes of at least 4 members (excludes halogenated alkanes) is 16. The molecule has 0 aromatic rings. The van der Waals surface area contributed by atoms with Crippen LogP contribution in [0.2, 0.25) is 0 Å². The molecule has 0 radical (unpaired) electrons. The Kier molecular flexibility index (Phi) is 41.1. The topological polar surface area (TPSA) is 131 Å². The molecule has 0 aliphatic rings. The van der Waals surface area contributed by atoms with Crippen molar-refractivity contribution in [2.24, 2.45) is 0 Å². The lowest BCUT2D eigenvalue weighted by molar-refractivity contribution is -0.147. The first-order valence-corrected chi connectivity index (χ1v) is 23.9. The second-order valence-electron chi connectivity index (χ2n) is 14.6. The van der Waals surface area contributed by atoms with Crippen LogP contribution in [-0.2, 0) is 27.9 Å². The van der Waals surface area contributed by atoms with Crippen molar-refractivity contribution in [3.8, 4) is 0 Å². The average Bonchev–Trinajstić information content (AvgIpc) is 3.20. The number of esters is 1.